The van der Waals surface area contributed by atoms with E-state index in [0.29, 0.717) is 12.9 Å². The van der Waals surface area contributed by atoms with Crippen molar-refractivity contribution < 1.29 is 12.9 Å². The average molecular weight is 339 g/mol. The van der Waals surface area contributed by atoms with Gasteiger partial charge in [0.05, 0.1) is 0 Å². The van der Waals surface area contributed by atoms with E-state index in [4.69, 9.17) is 20.3 Å². The van der Waals surface area contributed by atoms with Crippen LogP contribution in [0.3, 0.4) is 0 Å². The quantitative estimate of drug-likeness (QED) is 0.563. The Labute approximate surface area is 59.9 Å². The van der Waals surface area contributed by atoms with E-state index in [2.05, 4.69) is 0 Å². The molecule has 0 amide bonds. The van der Waals surface area contributed by atoms with Gasteiger partial charge in [-0.2, -0.15) is 0 Å². The van der Waals surface area contributed by atoms with Crippen molar-refractivity contribution in [3.8, 4) is 0 Å². The van der Waals surface area contributed by atoms with Crippen LogP contribution >= 0.6 is 20.3 Å². The van der Waals surface area contributed by atoms with E-state index in [1.165, 1.54) is 0 Å². The second-order valence-electron chi connectivity index (χ2n) is 0.0476. The molecule has 0 atom stereocenters. The summed E-state index contributed by atoms with van der Waals surface area (Å²) in [5.74, 6) is 0. The fourth-order valence-corrected chi connectivity index (χ4v) is 0. The summed E-state index contributed by atoms with van der Waals surface area (Å²) in [7, 11) is 9.47. The molecule has 4 heteroatoms. The summed E-state index contributed by atoms with van der Waals surface area (Å²) in [4.78, 5) is 0. The van der Waals surface area contributed by atoms with Gasteiger partial charge in [-0.1, -0.05) is 0 Å². The van der Waals surface area contributed by atoms with E-state index in [0.717, 1.165) is 0 Å². The van der Waals surface area contributed by atoms with Gasteiger partial charge in [-0.25, -0.2) is 0 Å². The van der Waals surface area contributed by atoms with Crippen LogP contribution in [0.5, 0.6) is 0 Å². The first kappa shape index (κ1) is 9.38. The molecule has 0 unspecified atom stereocenters. The third-order valence-electron chi connectivity index (χ3n) is 0. The fraction of sp³-hybridized carbons (Fsp3) is 0. The topological polar surface area (TPSA) is 0 Å². The van der Waals surface area contributed by atoms with Gasteiger partial charge in [0.25, 0.3) is 0 Å². The first-order valence-electron chi connectivity index (χ1n) is 0.252. The Kier molecular flexibility index (Phi) is 20.9. The minimum absolute atomic E-state index is 0. The van der Waals surface area contributed by atoms with Crippen LogP contribution in [0.4, 0.5) is 0 Å². The Bertz CT molecular complexity index is 6.00. The van der Waals surface area contributed by atoms with Gasteiger partial charge >= 0.3 is 60.5 Å². The van der Waals surface area contributed by atoms with Gasteiger partial charge in [-0.15, -0.1) is 0 Å². The molecule has 2 radical (unpaired) electrons. The Morgan fingerprint density at radius 2 is 1.25 bits per heavy atom. The summed E-state index contributed by atoms with van der Waals surface area (Å²) >= 11 is 0.382. The number of hydrogen-bond acceptors (Lipinski definition) is 0. The first-order valence-corrected chi connectivity index (χ1v) is 3.12. The molecule has 29 valence electrons. The Morgan fingerprint density at radius 3 is 1.25 bits per heavy atom. The zero-order valence-electron chi connectivity index (χ0n) is 1.80. The molecule has 0 N–H and O–H groups in total. The van der Waals surface area contributed by atoms with E-state index >= 15 is 0 Å². The zero-order chi connectivity index (χ0) is 2.71. The summed E-state index contributed by atoms with van der Waals surface area (Å²) in [5, 5.41) is 0. The number of hydrogen-bond donors (Lipinski definition) is 0. The fourth-order valence-electron chi connectivity index (χ4n) is 0. The van der Waals surface area contributed by atoms with E-state index in [1.807, 2.05) is 0 Å². The van der Waals surface area contributed by atoms with Crippen molar-refractivity contribution in [2.45, 2.75) is 0 Å². The number of halogens is 2. The molecule has 0 heterocycles. The standard InChI is InChI=1S/2ClH.Co.Pb.2H/h2*1H;;;;/q;;+2;;;/p-2. The van der Waals surface area contributed by atoms with Gasteiger partial charge in [-0.3, -0.25) is 0 Å². The van der Waals surface area contributed by atoms with Crippen LogP contribution in [-0.4, -0.2) is 27.3 Å². The maximum absolute atomic E-state index is 4.73. The van der Waals surface area contributed by atoms with Crippen molar-refractivity contribution in [2.75, 3.05) is 0 Å². The molecule has 0 aromatic carbocycles. The van der Waals surface area contributed by atoms with E-state index in [-0.39, 0.29) is 27.3 Å². The predicted octanol–water partition coefficient (Wildman–Crippen LogP) is 0.460. The monoisotopic (exact) mass is 339 g/mol. The maximum atomic E-state index is 4.73. The zero-order valence-corrected chi connectivity index (χ0v) is 9.85. The molecule has 0 rings (SSSR count). The summed E-state index contributed by atoms with van der Waals surface area (Å²) in [6.45, 7) is 0. The van der Waals surface area contributed by atoms with Gasteiger partial charge in [0.15, 0.2) is 0 Å². The van der Waals surface area contributed by atoms with Crippen molar-refractivity contribution in [3.63, 3.8) is 0 Å². The normalized spacial score (nSPS) is 5.50. The molecule has 0 aromatic rings. The minimum atomic E-state index is 0. The van der Waals surface area contributed by atoms with Crippen LogP contribution in [0, 0.1) is 0 Å². The van der Waals surface area contributed by atoms with Crippen molar-refractivity contribution in [3.05, 3.63) is 0 Å². The van der Waals surface area contributed by atoms with E-state index < -0.39 is 0 Å². The molecule has 0 spiro atoms. The van der Waals surface area contributed by atoms with E-state index in [9.17, 15) is 0 Å². The molecule has 0 nitrogen and oxygen atoms in total. The van der Waals surface area contributed by atoms with Gasteiger partial charge in [0.2, 0.25) is 0 Å². The molecule has 0 bridgehead atoms. The summed E-state index contributed by atoms with van der Waals surface area (Å²) in [6, 6.07) is 0. The van der Waals surface area contributed by atoms with E-state index in [1.54, 1.807) is 0 Å². The molecule has 4 heavy (non-hydrogen) atoms. The van der Waals surface area contributed by atoms with Crippen LogP contribution in [-0.2, 0) is 12.9 Å². The molecule has 0 saturated heterocycles. The second-order valence-corrected chi connectivity index (χ2v) is 1.77. The molecule has 0 saturated carbocycles. The molecular weight excluding hydrogens is 337 g/mol. The molecule has 0 aliphatic rings. The molecular formula is H2Cl2CoPb. The summed E-state index contributed by atoms with van der Waals surface area (Å²) < 4.78 is 0. The number of rotatable bonds is 0. The van der Waals surface area contributed by atoms with Gasteiger partial charge in [0.1, 0.15) is 0 Å². The Hall–Kier alpha value is 2.01. The SMILES string of the molecule is [Cl][Co][Cl].[PbH2]. The van der Waals surface area contributed by atoms with Crippen LogP contribution in [0.2, 0.25) is 0 Å². The molecule has 0 fully saturated rings. The van der Waals surface area contributed by atoms with Crippen molar-refractivity contribution in [2.24, 2.45) is 0 Å². The van der Waals surface area contributed by atoms with Crippen LogP contribution in [0.15, 0.2) is 0 Å². The van der Waals surface area contributed by atoms with Crippen molar-refractivity contribution in [1.29, 1.82) is 0 Å². The van der Waals surface area contributed by atoms with Crippen molar-refractivity contribution >= 4 is 47.6 Å². The van der Waals surface area contributed by atoms with Crippen LogP contribution < -0.4 is 0 Å². The Morgan fingerprint density at radius 1 is 1.25 bits per heavy atom. The Balaban J connectivity index is 0. The van der Waals surface area contributed by atoms with Crippen LogP contribution in [0.25, 0.3) is 0 Å². The molecule has 0 aromatic heterocycles. The summed E-state index contributed by atoms with van der Waals surface area (Å²) in [6.07, 6.45) is 0. The third-order valence-corrected chi connectivity index (χ3v) is 0. The first-order chi connectivity index (χ1) is 1.41. The van der Waals surface area contributed by atoms with Gasteiger partial charge in [-0.05, 0) is 0 Å². The summed E-state index contributed by atoms with van der Waals surface area (Å²) in [5.41, 5.74) is 0. The average Bonchev–Trinajstić information content (AvgIpc) is 0.918. The molecule has 0 aliphatic heterocycles. The van der Waals surface area contributed by atoms with Crippen molar-refractivity contribution in [1.82, 2.24) is 0 Å². The van der Waals surface area contributed by atoms with Crippen LogP contribution in [0.1, 0.15) is 0 Å². The predicted molar refractivity (Wildman–Crippen MR) is 20.2 cm³/mol. The third kappa shape index (κ3) is 8.99. The second kappa shape index (κ2) is 8.89. The molecule has 0 aliphatic carbocycles. The van der Waals surface area contributed by atoms with Gasteiger partial charge in [0, 0.05) is 0 Å². The van der Waals surface area contributed by atoms with Gasteiger partial charge < -0.3 is 0 Å².